The number of ether oxygens (including phenoxy) is 1. The molecule has 2 rings (SSSR count). The summed E-state index contributed by atoms with van der Waals surface area (Å²) in [6.07, 6.45) is 4.28. The lowest BCUT2D eigenvalue weighted by Crippen LogP contribution is -2.37. The summed E-state index contributed by atoms with van der Waals surface area (Å²) in [5, 5.41) is 0. The van der Waals surface area contributed by atoms with Crippen LogP contribution in [0.25, 0.3) is 6.08 Å². The van der Waals surface area contributed by atoms with Crippen molar-refractivity contribution in [2.75, 3.05) is 20.2 Å². The maximum absolute atomic E-state index is 11.9. The van der Waals surface area contributed by atoms with Crippen LogP contribution in [0.1, 0.15) is 18.4 Å². The van der Waals surface area contributed by atoms with E-state index in [0.717, 1.165) is 11.3 Å². The number of methoxy groups -OCH3 is 1. The number of rotatable bonds is 3. The zero-order valence-electron chi connectivity index (χ0n) is 11.0. The van der Waals surface area contributed by atoms with Crippen molar-refractivity contribution in [3.05, 3.63) is 35.9 Å². The third-order valence-electron chi connectivity index (χ3n) is 3.17. The first-order chi connectivity index (χ1) is 9.19. The number of carbonyl (C=O) groups is 2. The monoisotopic (exact) mass is 259 g/mol. The van der Waals surface area contributed by atoms with E-state index in [1.165, 1.54) is 0 Å². The first kappa shape index (κ1) is 13.3. The molecule has 0 saturated carbocycles. The third-order valence-corrected chi connectivity index (χ3v) is 3.17. The fraction of sp³-hybridized carbons (Fsp3) is 0.333. The van der Waals surface area contributed by atoms with Gasteiger partial charge < -0.3 is 9.64 Å². The summed E-state index contributed by atoms with van der Waals surface area (Å²) in [5.41, 5.74) is 0.947. The zero-order valence-corrected chi connectivity index (χ0v) is 11.0. The minimum absolute atomic E-state index is 0.0386. The summed E-state index contributed by atoms with van der Waals surface area (Å²) < 4.78 is 5.07. The van der Waals surface area contributed by atoms with E-state index in [2.05, 4.69) is 0 Å². The Balaban J connectivity index is 1.93. The van der Waals surface area contributed by atoms with Crippen molar-refractivity contribution in [3.63, 3.8) is 0 Å². The van der Waals surface area contributed by atoms with Crippen molar-refractivity contribution in [1.82, 2.24) is 4.90 Å². The molecular weight excluding hydrogens is 242 g/mol. The molecule has 0 N–H and O–H groups in total. The van der Waals surface area contributed by atoms with Gasteiger partial charge in [-0.05, 0) is 23.8 Å². The van der Waals surface area contributed by atoms with Crippen LogP contribution in [0.15, 0.2) is 30.3 Å². The van der Waals surface area contributed by atoms with E-state index in [9.17, 15) is 9.59 Å². The highest BCUT2D eigenvalue weighted by atomic mass is 16.5. The van der Waals surface area contributed by atoms with Crippen LogP contribution in [0.3, 0.4) is 0 Å². The Kier molecular flexibility index (Phi) is 4.34. The van der Waals surface area contributed by atoms with Gasteiger partial charge in [0, 0.05) is 32.0 Å². The highest BCUT2D eigenvalue weighted by molar-refractivity contribution is 5.93. The summed E-state index contributed by atoms with van der Waals surface area (Å²) in [7, 11) is 1.62. The molecule has 4 nitrogen and oxygen atoms in total. The van der Waals surface area contributed by atoms with Gasteiger partial charge >= 0.3 is 0 Å². The predicted molar refractivity (Wildman–Crippen MR) is 72.8 cm³/mol. The van der Waals surface area contributed by atoms with Crippen LogP contribution in [-0.2, 0) is 9.59 Å². The largest absolute Gasteiger partial charge is 0.497 e. The molecule has 1 amide bonds. The molecule has 0 aliphatic carbocycles. The first-order valence-electron chi connectivity index (χ1n) is 6.32. The molecule has 4 heteroatoms. The molecule has 19 heavy (non-hydrogen) atoms. The summed E-state index contributed by atoms with van der Waals surface area (Å²) in [4.78, 5) is 24.7. The van der Waals surface area contributed by atoms with Gasteiger partial charge in [0.2, 0.25) is 5.91 Å². The molecule has 1 aromatic carbocycles. The Morgan fingerprint density at radius 2 is 1.84 bits per heavy atom. The fourth-order valence-corrected chi connectivity index (χ4v) is 1.96. The molecule has 1 aliphatic rings. The maximum atomic E-state index is 11.9. The normalized spacial score (nSPS) is 15.8. The van der Waals surface area contributed by atoms with Crippen molar-refractivity contribution < 1.29 is 14.3 Å². The van der Waals surface area contributed by atoms with E-state index < -0.39 is 0 Å². The van der Waals surface area contributed by atoms with E-state index in [1.807, 2.05) is 24.3 Å². The second-order valence-corrected chi connectivity index (χ2v) is 4.47. The number of Topliss-reactive ketones (excluding diaryl/α,β-unsaturated/α-hetero) is 1. The lowest BCUT2D eigenvalue weighted by atomic mass is 10.1. The fourth-order valence-electron chi connectivity index (χ4n) is 1.96. The van der Waals surface area contributed by atoms with E-state index >= 15 is 0 Å². The summed E-state index contributed by atoms with van der Waals surface area (Å²) >= 11 is 0. The average Bonchev–Trinajstić information content (AvgIpc) is 2.46. The highest BCUT2D eigenvalue weighted by Gasteiger charge is 2.18. The summed E-state index contributed by atoms with van der Waals surface area (Å²) in [6, 6.07) is 7.48. The number of carbonyl (C=O) groups excluding carboxylic acids is 2. The molecule has 1 aromatic rings. The van der Waals surface area contributed by atoms with E-state index in [4.69, 9.17) is 4.74 Å². The number of likely N-dealkylation sites (tertiary alicyclic amines) is 1. The van der Waals surface area contributed by atoms with Gasteiger partial charge in [-0.25, -0.2) is 0 Å². The Hall–Kier alpha value is -2.10. The number of hydrogen-bond acceptors (Lipinski definition) is 3. The highest BCUT2D eigenvalue weighted by Crippen LogP contribution is 2.13. The summed E-state index contributed by atoms with van der Waals surface area (Å²) in [6.45, 7) is 1.06. The molecule has 0 spiro atoms. The van der Waals surface area contributed by atoms with Gasteiger partial charge in [0.1, 0.15) is 11.5 Å². The quantitative estimate of drug-likeness (QED) is 0.779. The van der Waals surface area contributed by atoms with Gasteiger partial charge in [0.15, 0.2) is 0 Å². The maximum Gasteiger partial charge on any atom is 0.246 e. The molecule has 1 fully saturated rings. The first-order valence-corrected chi connectivity index (χ1v) is 6.32. The molecule has 0 radical (unpaired) electrons. The van der Waals surface area contributed by atoms with Crippen LogP contribution in [0.5, 0.6) is 5.75 Å². The molecule has 0 unspecified atom stereocenters. The number of hydrogen-bond donors (Lipinski definition) is 0. The molecule has 1 saturated heterocycles. The van der Waals surface area contributed by atoms with Gasteiger partial charge in [-0.2, -0.15) is 0 Å². The molecule has 100 valence electrons. The van der Waals surface area contributed by atoms with Crippen LogP contribution in [-0.4, -0.2) is 36.8 Å². The Labute approximate surface area is 112 Å². The van der Waals surface area contributed by atoms with Crippen LogP contribution in [0.4, 0.5) is 0 Å². The second-order valence-electron chi connectivity index (χ2n) is 4.47. The number of amides is 1. The number of nitrogens with zero attached hydrogens (tertiary/aromatic N) is 1. The van der Waals surface area contributed by atoms with Crippen molar-refractivity contribution >= 4 is 17.8 Å². The Morgan fingerprint density at radius 1 is 1.21 bits per heavy atom. The Morgan fingerprint density at radius 3 is 2.42 bits per heavy atom. The molecule has 0 aromatic heterocycles. The van der Waals surface area contributed by atoms with E-state index in [-0.39, 0.29) is 11.7 Å². The molecule has 0 bridgehead atoms. The molecule has 1 aliphatic heterocycles. The van der Waals surface area contributed by atoms with Gasteiger partial charge in [0.25, 0.3) is 0 Å². The minimum Gasteiger partial charge on any atom is -0.497 e. The minimum atomic E-state index is -0.0386. The smallest absolute Gasteiger partial charge is 0.246 e. The molecule has 1 heterocycles. The lowest BCUT2D eigenvalue weighted by Gasteiger charge is -2.24. The molecular formula is C15H17NO3. The van der Waals surface area contributed by atoms with Crippen molar-refractivity contribution in [3.8, 4) is 5.75 Å². The molecule has 0 atom stereocenters. The third kappa shape index (κ3) is 3.68. The van der Waals surface area contributed by atoms with Crippen LogP contribution >= 0.6 is 0 Å². The number of benzene rings is 1. The SMILES string of the molecule is COc1ccc(/C=C/C(=O)N2CCC(=O)CC2)cc1. The average molecular weight is 259 g/mol. The van der Waals surface area contributed by atoms with Gasteiger partial charge in [-0.15, -0.1) is 0 Å². The van der Waals surface area contributed by atoms with Crippen molar-refractivity contribution in [1.29, 1.82) is 0 Å². The van der Waals surface area contributed by atoms with Crippen LogP contribution < -0.4 is 4.74 Å². The standard InChI is InChI=1S/C15H17NO3/c1-19-14-5-2-12(3-6-14)4-7-15(18)16-10-8-13(17)9-11-16/h2-7H,8-11H2,1H3/b7-4+. The topological polar surface area (TPSA) is 46.6 Å². The van der Waals surface area contributed by atoms with Gasteiger partial charge in [-0.1, -0.05) is 12.1 Å². The number of piperidine rings is 1. The van der Waals surface area contributed by atoms with Crippen LogP contribution in [0, 0.1) is 0 Å². The van der Waals surface area contributed by atoms with Crippen molar-refractivity contribution in [2.45, 2.75) is 12.8 Å². The predicted octanol–water partition coefficient (Wildman–Crippen LogP) is 1.90. The van der Waals surface area contributed by atoms with Gasteiger partial charge in [-0.3, -0.25) is 9.59 Å². The van der Waals surface area contributed by atoms with Crippen molar-refractivity contribution in [2.24, 2.45) is 0 Å². The van der Waals surface area contributed by atoms with E-state index in [1.54, 1.807) is 24.2 Å². The van der Waals surface area contributed by atoms with E-state index in [0.29, 0.717) is 25.9 Å². The zero-order chi connectivity index (χ0) is 13.7. The Bertz CT molecular complexity index is 481. The number of ketones is 1. The van der Waals surface area contributed by atoms with Gasteiger partial charge in [0.05, 0.1) is 7.11 Å². The van der Waals surface area contributed by atoms with Crippen LogP contribution in [0.2, 0.25) is 0 Å². The summed E-state index contributed by atoms with van der Waals surface area (Å²) in [5.74, 6) is 0.990. The second kappa shape index (κ2) is 6.18. The lowest BCUT2D eigenvalue weighted by molar-refractivity contribution is -0.130.